The fourth-order valence-corrected chi connectivity index (χ4v) is 4.68. The molecule has 7 heteroatoms. The first-order valence-electron chi connectivity index (χ1n) is 10.0. The van der Waals surface area contributed by atoms with Crippen molar-refractivity contribution in [2.45, 2.75) is 12.8 Å². The van der Waals surface area contributed by atoms with Crippen molar-refractivity contribution < 1.29 is 0 Å². The zero-order valence-electron chi connectivity index (χ0n) is 16.3. The van der Waals surface area contributed by atoms with Gasteiger partial charge in [-0.25, -0.2) is 0 Å². The maximum atomic E-state index is 6.30. The van der Waals surface area contributed by atoms with Gasteiger partial charge in [-0.1, -0.05) is 35.3 Å². The van der Waals surface area contributed by atoms with Gasteiger partial charge in [0, 0.05) is 44.8 Å². The van der Waals surface area contributed by atoms with E-state index in [0.29, 0.717) is 10.0 Å². The monoisotopic (exact) mass is 419 g/mol. The molecule has 0 spiro atoms. The van der Waals surface area contributed by atoms with Crippen LogP contribution >= 0.6 is 23.2 Å². The van der Waals surface area contributed by atoms with Crippen LogP contribution in [0.5, 0.6) is 0 Å². The fourth-order valence-electron chi connectivity index (χ4n) is 4.29. The number of nitrogens with zero attached hydrogens (tertiary/aromatic N) is 5. The number of likely N-dealkylation sites (tertiary alicyclic amines) is 1. The maximum Gasteiger partial charge on any atom is 0.151 e. The summed E-state index contributed by atoms with van der Waals surface area (Å²) in [4.78, 5) is 7.39. The minimum absolute atomic E-state index is 0.521. The number of halogens is 2. The summed E-state index contributed by atoms with van der Waals surface area (Å²) >= 11 is 12.4. The third-order valence-corrected chi connectivity index (χ3v) is 6.63. The van der Waals surface area contributed by atoms with E-state index in [1.54, 1.807) is 6.07 Å². The lowest BCUT2D eigenvalue weighted by atomic mass is 9.97. The number of piperazine rings is 1. The van der Waals surface area contributed by atoms with Crippen molar-refractivity contribution in [3.8, 4) is 11.3 Å². The van der Waals surface area contributed by atoms with Crippen LogP contribution in [0.3, 0.4) is 0 Å². The highest BCUT2D eigenvalue weighted by atomic mass is 35.5. The molecule has 150 valence electrons. The summed E-state index contributed by atoms with van der Waals surface area (Å²) in [6.07, 6.45) is 2.70. The predicted molar refractivity (Wildman–Crippen MR) is 116 cm³/mol. The molecule has 5 nitrogen and oxygen atoms in total. The van der Waals surface area contributed by atoms with Gasteiger partial charge in [-0.2, -0.15) is 0 Å². The van der Waals surface area contributed by atoms with Crippen LogP contribution < -0.4 is 4.90 Å². The molecular weight excluding hydrogens is 393 g/mol. The molecule has 28 heavy (non-hydrogen) atoms. The highest BCUT2D eigenvalue weighted by Gasteiger charge is 2.23. The molecule has 0 radical (unpaired) electrons. The molecule has 2 saturated heterocycles. The summed E-state index contributed by atoms with van der Waals surface area (Å²) in [5.74, 6) is 1.74. The van der Waals surface area contributed by atoms with Gasteiger partial charge < -0.3 is 9.80 Å². The minimum atomic E-state index is 0.521. The topological polar surface area (TPSA) is 35.5 Å². The summed E-state index contributed by atoms with van der Waals surface area (Å²) in [5.41, 5.74) is 1.56. The number of piperidine rings is 1. The normalized spacial score (nSPS) is 21.8. The molecule has 2 fully saturated rings. The summed E-state index contributed by atoms with van der Waals surface area (Å²) in [7, 11) is 2.24. The smallest absolute Gasteiger partial charge is 0.151 e. The third kappa shape index (κ3) is 4.60. The molecule has 2 aliphatic rings. The first-order chi connectivity index (χ1) is 13.6. The molecule has 1 aromatic heterocycles. The van der Waals surface area contributed by atoms with Crippen LogP contribution in [0.2, 0.25) is 10.0 Å². The van der Waals surface area contributed by atoms with E-state index < -0.39 is 0 Å². The van der Waals surface area contributed by atoms with Crippen LogP contribution in [0.4, 0.5) is 5.82 Å². The fraction of sp³-hybridized carbons (Fsp3) is 0.524. The van der Waals surface area contributed by atoms with Gasteiger partial charge in [-0.05, 0) is 50.6 Å². The summed E-state index contributed by atoms with van der Waals surface area (Å²) in [6.45, 7) is 7.87. The highest BCUT2D eigenvalue weighted by molar-refractivity contribution is 6.43. The zero-order chi connectivity index (χ0) is 19.5. The Kier molecular flexibility index (Phi) is 6.36. The molecule has 3 heterocycles. The Hall–Kier alpha value is -1.40. The van der Waals surface area contributed by atoms with Crippen molar-refractivity contribution in [1.82, 2.24) is 20.0 Å². The molecule has 2 aromatic rings. The van der Waals surface area contributed by atoms with Gasteiger partial charge >= 0.3 is 0 Å². The zero-order valence-corrected chi connectivity index (χ0v) is 17.8. The number of hydrogen-bond donors (Lipinski definition) is 0. The molecule has 4 rings (SSSR count). The lowest BCUT2D eigenvalue weighted by molar-refractivity contribution is 0.147. The molecule has 0 N–H and O–H groups in total. The molecule has 0 amide bonds. The second-order valence-electron chi connectivity index (χ2n) is 7.94. The summed E-state index contributed by atoms with van der Waals surface area (Å²) in [6, 6.07) is 9.58. The second-order valence-corrected chi connectivity index (χ2v) is 8.72. The van der Waals surface area contributed by atoms with E-state index in [1.165, 1.54) is 32.5 Å². The third-order valence-electron chi connectivity index (χ3n) is 5.81. The highest BCUT2D eigenvalue weighted by Crippen LogP contribution is 2.32. The van der Waals surface area contributed by atoms with Crippen molar-refractivity contribution in [3.05, 3.63) is 40.4 Å². The first-order valence-corrected chi connectivity index (χ1v) is 10.8. The van der Waals surface area contributed by atoms with Crippen LogP contribution in [0, 0.1) is 5.92 Å². The van der Waals surface area contributed by atoms with E-state index in [4.69, 9.17) is 23.2 Å². The van der Waals surface area contributed by atoms with Gasteiger partial charge in [0.2, 0.25) is 0 Å². The summed E-state index contributed by atoms with van der Waals surface area (Å²) < 4.78 is 0. The van der Waals surface area contributed by atoms with Gasteiger partial charge in [0.25, 0.3) is 0 Å². The van der Waals surface area contributed by atoms with Gasteiger partial charge in [-0.15, -0.1) is 10.2 Å². The second kappa shape index (κ2) is 8.95. The van der Waals surface area contributed by atoms with Crippen molar-refractivity contribution in [2.24, 2.45) is 5.92 Å². The minimum Gasteiger partial charge on any atom is -0.353 e. The molecule has 0 aliphatic carbocycles. The Bertz CT molecular complexity index is 790. The van der Waals surface area contributed by atoms with Crippen LogP contribution in [-0.4, -0.2) is 72.9 Å². The van der Waals surface area contributed by atoms with Crippen molar-refractivity contribution in [2.75, 3.05) is 57.8 Å². The lowest BCUT2D eigenvalue weighted by Crippen LogP contribution is -2.49. The average Bonchev–Trinajstić information content (AvgIpc) is 2.71. The van der Waals surface area contributed by atoms with Crippen LogP contribution in [0.1, 0.15) is 12.8 Å². The Morgan fingerprint density at radius 1 is 1.00 bits per heavy atom. The number of aromatic nitrogens is 2. The SMILES string of the molecule is CN1CCCC(CN2CCN(c3ccc(-c4cccc(Cl)c4Cl)nn3)CC2)C1. The first kappa shape index (κ1) is 19.9. The van der Waals surface area contributed by atoms with E-state index in [0.717, 1.165) is 49.2 Å². The quantitative estimate of drug-likeness (QED) is 0.750. The molecular formula is C21H27Cl2N5. The Morgan fingerprint density at radius 2 is 1.82 bits per heavy atom. The Labute approximate surface area is 177 Å². The molecule has 0 bridgehead atoms. The van der Waals surface area contributed by atoms with Gasteiger partial charge in [0.15, 0.2) is 5.82 Å². The van der Waals surface area contributed by atoms with E-state index in [1.807, 2.05) is 24.3 Å². The lowest BCUT2D eigenvalue weighted by Gasteiger charge is -2.38. The average molecular weight is 420 g/mol. The van der Waals surface area contributed by atoms with Crippen molar-refractivity contribution in [1.29, 1.82) is 0 Å². The largest absolute Gasteiger partial charge is 0.353 e. The number of anilines is 1. The maximum absolute atomic E-state index is 6.30. The number of hydrogen-bond acceptors (Lipinski definition) is 5. The van der Waals surface area contributed by atoms with Crippen LogP contribution in [-0.2, 0) is 0 Å². The van der Waals surface area contributed by atoms with Gasteiger partial charge in [0.05, 0.1) is 15.7 Å². The number of rotatable bonds is 4. The molecule has 2 aliphatic heterocycles. The van der Waals surface area contributed by atoms with Gasteiger partial charge in [0.1, 0.15) is 0 Å². The van der Waals surface area contributed by atoms with Crippen LogP contribution in [0.15, 0.2) is 30.3 Å². The van der Waals surface area contributed by atoms with E-state index >= 15 is 0 Å². The van der Waals surface area contributed by atoms with E-state index in [9.17, 15) is 0 Å². The van der Waals surface area contributed by atoms with Crippen LogP contribution in [0.25, 0.3) is 11.3 Å². The predicted octanol–water partition coefficient (Wildman–Crippen LogP) is 3.91. The molecule has 0 saturated carbocycles. The standard InChI is InChI=1S/C21H27Cl2N5/c1-26-9-3-4-16(14-26)15-27-10-12-28(13-11-27)20-8-7-19(24-25-20)17-5-2-6-18(22)21(17)23/h2,5-8,16H,3-4,9-15H2,1H3. The Balaban J connectivity index is 1.34. The number of benzene rings is 1. The Morgan fingerprint density at radius 3 is 2.54 bits per heavy atom. The van der Waals surface area contributed by atoms with Crippen molar-refractivity contribution >= 4 is 29.0 Å². The van der Waals surface area contributed by atoms with Crippen molar-refractivity contribution in [3.63, 3.8) is 0 Å². The molecule has 1 unspecified atom stereocenters. The molecule has 1 aromatic carbocycles. The van der Waals surface area contributed by atoms with Gasteiger partial charge in [-0.3, -0.25) is 4.90 Å². The summed E-state index contributed by atoms with van der Waals surface area (Å²) in [5, 5.41) is 9.90. The molecule has 1 atom stereocenters. The van der Waals surface area contributed by atoms with E-state index in [2.05, 4.69) is 31.9 Å². The van der Waals surface area contributed by atoms with E-state index in [-0.39, 0.29) is 0 Å².